The van der Waals surface area contributed by atoms with Crippen molar-refractivity contribution in [1.29, 1.82) is 0 Å². The van der Waals surface area contributed by atoms with Crippen LogP contribution < -0.4 is 4.90 Å². The van der Waals surface area contributed by atoms with Crippen molar-refractivity contribution >= 4 is 17.5 Å². The maximum absolute atomic E-state index is 13.5. The second-order valence-corrected chi connectivity index (χ2v) is 6.46. The van der Waals surface area contributed by atoms with E-state index < -0.39 is 0 Å². The van der Waals surface area contributed by atoms with Gasteiger partial charge in [0.2, 0.25) is 11.8 Å². The van der Waals surface area contributed by atoms with Crippen molar-refractivity contribution in [3.63, 3.8) is 0 Å². The van der Waals surface area contributed by atoms with E-state index in [2.05, 4.69) is 0 Å². The van der Waals surface area contributed by atoms with Crippen molar-refractivity contribution in [1.82, 2.24) is 9.80 Å². The SMILES string of the molecule is CCC(=O)N1CC[C@@]2(C1)CN(c1cccc(F)c1)C(=O)CN2C. The second kappa shape index (κ2) is 5.92. The molecule has 6 heteroatoms. The van der Waals surface area contributed by atoms with E-state index in [4.69, 9.17) is 0 Å². The topological polar surface area (TPSA) is 43.9 Å². The third-order valence-corrected chi connectivity index (χ3v) is 5.04. The Morgan fingerprint density at radius 1 is 1.35 bits per heavy atom. The van der Waals surface area contributed by atoms with Gasteiger partial charge in [-0.25, -0.2) is 4.39 Å². The molecule has 3 rings (SSSR count). The molecule has 2 amide bonds. The summed E-state index contributed by atoms with van der Waals surface area (Å²) in [4.78, 5) is 30.0. The van der Waals surface area contributed by atoms with Gasteiger partial charge < -0.3 is 9.80 Å². The van der Waals surface area contributed by atoms with E-state index >= 15 is 0 Å². The van der Waals surface area contributed by atoms with Crippen LogP contribution in [0.1, 0.15) is 19.8 Å². The summed E-state index contributed by atoms with van der Waals surface area (Å²) in [6, 6.07) is 6.13. The first-order valence-electron chi connectivity index (χ1n) is 8.00. The molecule has 2 aliphatic rings. The standard InChI is InChI=1S/C17H22FN3O2/c1-3-15(22)20-8-7-17(11-20)12-21(16(23)10-19(17)2)14-6-4-5-13(18)9-14/h4-6,9H,3,7-8,10-12H2,1-2H3/t17-/m1/s1. The molecule has 5 nitrogen and oxygen atoms in total. The Morgan fingerprint density at radius 3 is 2.83 bits per heavy atom. The monoisotopic (exact) mass is 319 g/mol. The van der Waals surface area contributed by atoms with E-state index in [1.54, 1.807) is 17.0 Å². The van der Waals surface area contributed by atoms with Crippen LogP contribution in [0.25, 0.3) is 0 Å². The zero-order valence-electron chi connectivity index (χ0n) is 13.6. The Bertz CT molecular complexity index is 636. The van der Waals surface area contributed by atoms with Crippen molar-refractivity contribution in [2.24, 2.45) is 0 Å². The molecule has 2 fully saturated rings. The number of halogens is 1. The molecular formula is C17H22FN3O2. The molecule has 1 atom stereocenters. The fraction of sp³-hybridized carbons (Fsp3) is 0.529. The normalized spacial score (nSPS) is 25.4. The Labute approximate surface area is 135 Å². The average molecular weight is 319 g/mol. The first-order valence-corrected chi connectivity index (χ1v) is 8.00. The van der Waals surface area contributed by atoms with Gasteiger partial charge in [0.15, 0.2) is 0 Å². The fourth-order valence-electron chi connectivity index (χ4n) is 3.57. The van der Waals surface area contributed by atoms with Crippen molar-refractivity contribution in [3.8, 4) is 0 Å². The molecule has 1 aromatic carbocycles. The zero-order valence-corrected chi connectivity index (χ0v) is 13.6. The van der Waals surface area contributed by atoms with Gasteiger partial charge >= 0.3 is 0 Å². The Morgan fingerprint density at radius 2 is 2.13 bits per heavy atom. The third-order valence-electron chi connectivity index (χ3n) is 5.04. The van der Waals surface area contributed by atoms with E-state index in [0.29, 0.717) is 31.7 Å². The molecule has 1 spiro atoms. The lowest BCUT2D eigenvalue weighted by Crippen LogP contribution is -2.64. The molecule has 23 heavy (non-hydrogen) atoms. The summed E-state index contributed by atoms with van der Waals surface area (Å²) >= 11 is 0. The number of benzene rings is 1. The number of nitrogens with zero attached hydrogens (tertiary/aromatic N) is 3. The Balaban J connectivity index is 1.85. The number of carbonyl (C=O) groups excluding carboxylic acids is 2. The maximum Gasteiger partial charge on any atom is 0.241 e. The molecule has 124 valence electrons. The third kappa shape index (κ3) is 2.83. The Kier molecular flexibility index (Phi) is 4.10. The van der Waals surface area contributed by atoms with Crippen molar-refractivity contribution in [2.45, 2.75) is 25.3 Å². The highest BCUT2D eigenvalue weighted by atomic mass is 19.1. The lowest BCUT2D eigenvalue weighted by atomic mass is 9.92. The predicted octanol–water partition coefficient (Wildman–Crippen LogP) is 1.49. The minimum atomic E-state index is -0.350. The largest absolute Gasteiger partial charge is 0.341 e. The van der Waals surface area contributed by atoms with Crippen LogP contribution in [-0.2, 0) is 9.59 Å². The molecule has 0 saturated carbocycles. The highest BCUT2D eigenvalue weighted by molar-refractivity contribution is 5.96. The second-order valence-electron chi connectivity index (χ2n) is 6.46. The summed E-state index contributed by atoms with van der Waals surface area (Å²) in [5.74, 6) is -0.244. The number of hydrogen-bond donors (Lipinski definition) is 0. The number of amides is 2. The van der Waals surface area contributed by atoms with Crippen LogP contribution >= 0.6 is 0 Å². The summed E-state index contributed by atoms with van der Waals surface area (Å²) in [5.41, 5.74) is 0.341. The molecule has 0 radical (unpaired) electrons. The smallest absolute Gasteiger partial charge is 0.241 e. The first-order chi connectivity index (χ1) is 10.9. The van der Waals surface area contributed by atoms with Crippen molar-refractivity contribution < 1.29 is 14.0 Å². The molecule has 0 N–H and O–H groups in total. The maximum atomic E-state index is 13.5. The molecule has 0 aromatic heterocycles. The van der Waals surface area contributed by atoms with Crippen LogP contribution in [0.5, 0.6) is 0 Å². The van der Waals surface area contributed by atoms with Gasteiger partial charge in [0.1, 0.15) is 5.82 Å². The number of anilines is 1. The molecule has 0 bridgehead atoms. The van der Waals surface area contributed by atoms with Gasteiger partial charge in [-0.1, -0.05) is 13.0 Å². The molecular weight excluding hydrogens is 297 g/mol. The summed E-state index contributed by atoms with van der Waals surface area (Å²) in [6.07, 6.45) is 1.32. The number of hydrogen-bond acceptors (Lipinski definition) is 3. The van der Waals surface area contributed by atoms with E-state index in [9.17, 15) is 14.0 Å². The van der Waals surface area contributed by atoms with Gasteiger partial charge in [0.05, 0.1) is 12.1 Å². The van der Waals surface area contributed by atoms with Gasteiger partial charge in [-0.05, 0) is 31.7 Å². The van der Waals surface area contributed by atoms with Crippen LogP contribution in [0.4, 0.5) is 10.1 Å². The fourth-order valence-corrected chi connectivity index (χ4v) is 3.57. The van der Waals surface area contributed by atoms with Crippen LogP contribution in [0, 0.1) is 5.82 Å². The molecule has 2 aliphatic heterocycles. The summed E-state index contributed by atoms with van der Waals surface area (Å²) in [7, 11) is 1.93. The summed E-state index contributed by atoms with van der Waals surface area (Å²) in [6.45, 7) is 3.96. The predicted molar refractivity (Wildman–Crippen MR) is 85.6 cm³/mol. The lowest BCUT2D eigenvalue weighted by Gasteiger charge is -2.46. The molecule has 2 heterocycles. The molecule has 1 aromatic rings. The first kappa shape index (κ1) is 15.9. The van der Waals surface area contributed by atoms with Crippen LogP contribution in [0.3, 0.4) is 0 Å². The number of carbonyl (C=O) groups is 2. The zero-order chi connectivity index (χ0) is 16.6. The number of rotatable bonds is 2. The minimum absolute atomic E-state index is 0.0380. The highest BCUT2D eigenvalue weighted by Gasteiger charge is 2.48. The van der Waals surface area contributed by atoms with Crippen molar-refractivity contribution in [2.75, 3.05) is 38.1 Å². The van der Waals surface area contributed by atoms with Crippen LogP contribution in [-0.4, -0.2) is 60.4 Å². The Hall–Kier alpha value is -1.95. The number of likely N-dealkylation sites (tertiary alicyclic amines) is 1. The van der Waals surface area contributed by atoms with E-state index in [0.717, 1.165) is 6.42 Å². The molecule has 2 saturated heterocycles. The minimum Gasteiger partial charge on any atom is -0.341 e. The quantitative estimate of drug-likeness (QED) is 0.829. The summed E-state index contributed by atoms with van der Waals surface area (Å²) < 4.78 is 13.5. The van der Waals surface area contributed by atoms with Gasteiger partial charge in [-0.2, -0.15) is 0 Å². The van der Waals surface area contributed by atoms with Crippen LogP contribution in [0.2, 0.25) is 0 Å². The number of piperazine rings is 1. The van der Waals surface area contributed by atoms with Crippen molar-refractivity contribution in [3.05, 3.63) is 30.1 Å². The van der Waals surface area contributed by atoms with Gasteiger partial charge in [0, 0.05) is 31.7 Å². The molecule has 0 aliphatic carbocycles. The van der Waals surface area contributed by atoms with E-state index in [1.807, 2.05) is 23.8 Å². The van der Waals surface area contributed by atoms with Gasteiger partial charge in [-0.3, -0.25) is 14.5 Å². The summed E-state index contributed by atoms with van der Waals surface area (Å²) in [5, 5.41) is 0. The van der Waals surface area contributed by atoms with E-state index in [-0.39, 0.29) is 29.7 Å². The highest BCUT2D eigenvalue weighted by Crippen LogP contribution is 2.33. The molecule has 0 unspecified atom stereocenters. The number of likely N-dealkylation sites (N-methyl/N-ethyl adjacent to an activating group) is 1. The van der Waals surface area contributed by atoms with E-state index in [1.165, 1.54) is 12.1 Å². The van der Waals surface area contributed by atoms with Gasteiger partial charge in [0.25, 0.3) is 0 Å². The average Bonchev–Trinajstić information content (AvgIpc) is 2.96. The lowest BCUT2D eigenvalue weighted by molar-refractivity contribution is -0.130. The van der Waals surface area contributed by atoms with Gasteiger partial charge in [-0.15, -0.1) is 0 Å². The van der Waals surface area contributed by atoms with Crippen LogP contribution in [0.15, 0.2) is 24.3 Å².